The van der Waals surface area contributed by atoms with Crippen molar-refractivity contribution in [1.82, 2.24) is 9.40 Å². The molecule has 0 radical (unpaired) electrons. The molecule has 1 aromatic heterocycles. The highest BCUT2D eigenvalue weighted by atomic mass is 32.3. The minimum Gasteiger partial charge on any atom is -0.318 e. The van der Waals surface area contributed by atoms with Gasteiger partial charge in [0.15, 0.2) is 0 Å². The summed E-state index contributed by atoms with van der Waals surface area (Å²) in [6.07, 6.45) is 0. The summed E-state index contributed by atoms with van der Waals surface area (Å²) in [5.74, 6) is 0. The lowest BCUT2D eigenvalue weighted by Gasteiger charge is -2.05. The van der Waals surface area contributed by atoms with E-state index in [1.165, 1.54) is 35.6 Å². The number of para-hydroxylation sites is 1. The molecule has 0 aliphatic heterocycles. The van der Waals surface area contributed by atoms with Gasteiger partial charge in [0.25, 0.3) is 0 Å². The quantitative estimate of drug-likeness (QED) is 0.651. The zero-order chi connectivity index (χ0) is 18.1. The molecule has 0 atom stereocenters. The monoisotopic (exact) mass is 399 g/mol. The minimum atomic E-state index is -4.65. The van der Waals surface area contributed by atoms with Crippen molar-refractivity contribution in [3.05, 3.63) is 59.4 Å². The van der Waals surface area contributed by atoms with Gasteiger partial charge in [-0.2, -0.15) is 21.7 Å². The van der Waals surface area contributed by atoms with E-state index in [9.17, 15) is 16.8 Å². The van der Waals surface area contributed by atoms with Gasteiger partial charge in [-0.15, -0.1) is 8.73 Å². The van der Waals surface area contributed by atoms with Crippen molar-refractivity contribution < 1.29 is 20.5 Å². The van der Waals surface area contributed by atoms with Crippen LogP contribution in [0.3, 0.4) is 0 Å². The van der Waals surface area contributed by atoms with Crippen LogP contribution in [0, 0.1) is 0 Å². The van der Waals surface area contributed by atoms with E-state index >= 15 is 0 Å². The average molecular weight is 399 g/mol. The van der Waals surface area contributed by atoms with Gasteiger partial charge < -0.3 is 4.57 Å². The summed E-state index contributed by atoms with van der Waals surface area (Å²) in [5, 5.41) is 3.75. The number of benzene rings is 2. The van der Waals surface area contributed by atoms with Gasteiger partial charge in [0, 0.05) is 7.05 Å². The Bertz CT molecular complexity index is 1180. The number of thiazole rings is 1. The number of aromatic nitrogens is 1. The number of nitrogens with zero attached hydrogens (tertiary/aromatic N) is 2. The first-order valence-electron chi connectivity index (χ1n) is 6.90. The second-order valence-corrected chi connectivity index (χ2v) is 8.93. The van der Waals surface area contributed by atoms with Crippen LogP contribution in [0.2, 0.25) is 0 Å². The summed E-state index contributed by atoms with van der Waals surface area (Å²) in [5.41, 5.74) is 0.864. The third-order valence-electron chi connectivity index (χ3n) is 3.18. The molecule has 1 N–H and O–H groups in total. The summed E-state index contributed by atoms with van der Waals surface area (Å²) in [6, 6.07) is 14.4. The first kappa shape index (κ1) is 17.6. The highest BCUT2D eigenvalue weighted by Crippen LogP contribution is 2.15. The molecule has 0 saturated heterocycles. The summed E-state index contributed by atoms with van der Waals surface area (Å²) in [4.78, 5) is 1.86. The molecule has 132 valence electrons. The van der Waals surface area contributed by atoms with Crippen molar-refractivity contribution in [2.75, 3.05) is 0 Å². The number of hydrogen-bond acceptors (Lipinski definition) is 7. The molecule has 8 nitrogen and oxygen atoms in total. The van der Waals surface area contributed by atoms with E-state index in [0.717, 1.165) is 10.2 Å². The van der Waals surface area contributed by atoms with Crippen molar-refractivity contribution in [1.29, 1.82) is 0 Å². The zero-order valence-electron chi connectivity index (χ0n) is 12.9. The number of hydrogen-bond donors (Lipinski definition) is 1. The van der Waals surface area contributed by atoms with Crippen LogP contribution in [0.1, 0.15) is 0 Å². The molecule has 11 heteroatoms. The molecule has 2 aromatic carbocycles. The fourth-order valence-electron chi connectivity index (χ4n) is 2.04. The van der Waals surface area contributed by atoms with Crippen molar-refractivity contribution in [3.8, 4) is 0 Å². The van der Waals surface area contributed by atoms with Crippen molar-refractivity contribution in [2.45, 2.75) is 4.90 Å². The van der Waals surface area contributed by atoms with E-state index in [1.54, 1.807) is 22.5 Å². The van der Waals surface area contributed by atoms with Crippen molar-refractivity contribution in [2.24, 2.45) is 12.1 Å². The smallest absolute Gasteiger partial charge is 0.318 e. The SMILES string of the molecule is Cn1c(=NNS(=O)(=O)OS(=O)(=O)c2ccccc2)sc2ccccc21. The van der Waals surface area contributed by atoms with Crippen molar-refractivity contribution >= 4 is 42.0 Å². The molecule has 25 heavy (non-hydrogen) atoms. The van der Waals surface area contributed by atoms with Crippen LogP contribution in [0.4, 0.5) is 0 Å². The normalized spacial score (nSPS) is 13.2. The van der Waals surface area contributed by atoms with Crippen LogP contribution in [0.5, 0.6) is 0 Å². The Morgan fingerprint density at radius 3 is 2.32 bits per heavy atom. The van der Waals surface area contributed by atoms with E-state index in [0.29, 0.717) is 4.80 Å². The fraction of sp³-hybridized carbons (Fsp3) is 0.0714. The highest BCUT2D eigenvalue weighted by molar-refractivity contribution is 7.99. The first-order chi connectivity index (χ1) is 11.8. The van der Waals surface area contributed by atoms with E-state index in [1.807, 2.05) is 24.3 Å². The van der Waals surface area contributed by atoms with Crippen LogP contribution >= 0.6 is 11.3 Å². The number of fused-ring (bicyclic) bond motifs is 1. The highest BCUT2D eigenvalue weighted by Gasteiger charge is 2.24. The lowest BCUT2D eigenvalue weighted by atomic mass is 10.3. The molecule has 3 aromatic rings. The number of aryl methyl sites for hydroxylation is 1. The average Bonchev–Trinajstić information content (AvgIpc) is 2.90. The largest absolute Gasteiger partial charge is 0.390 e. The molecule has 1 heterocycles. The van der Waals surface area contributed by atoms with Gasteiger partial charge in [-0.25, -0.2) is 0 Å². The zero-order valence-corrected chi connectivity index (χ0v) is 15.3. The lowest BCUT2D eigenvalue weighted by Crippen LogP contribution is -2.27. The molecule has 0 saturated carbocycles. The Morgan fingerprint density at radius 1 is 1.00 bits per heavy atom. The molecule has 0 unspecified atom stereocenters. The fourth-order valence-corrected chi connectivity index (χ4v) is 5.15. The van der Waals surface area contributed by atoms with Crippen LogP contribution < -0.4 is 9.63 Å². The van der Waals surface area contributed by atoms with E-state index in [4.69, 9.17) is 0 Å². The number of rotatable bonds is 5. The maximum Gasteiger partial charge on any atom is 0.390 e. The third kappa shape index (κ3) is 3.90. The first-order valence-corrected chi connectivity index (χ1v) is 10.5. The van der Waals surface area contributed by atoms with Crippen LogP contribution in [0.15, 0.2) is 64.6 Å². The van der Waals surface area contributed by atoms with Gasteiger partial charge in [0.05, 0.1) is 15.1 Å². The summed E-state index contributed by atoms with van der Waals surface area (Å²) in [6.45, 7) is 0. The van der Waals surface area contributed by atoms with Gasteiger partial charge >= 0.3 is 20.4 Å². The molecule has 3 rings (SSSR count). The molecule has 0 spiro atoms. The lowest BCUT2D eigenvalue weighted by molar-refractivity contribution is 0.452. The van der Waals surface area contributed by atoms with Gasteiger partial charge in [-0.3, -0.25) is 0 Å². The van der Waals surface area contributed by atoms with Gasteiger partial charge in [0.1, 0.15) is 0 Å². The summed E-state index contributed by atoms with van der Waals surface area (Å²) >= 11 is 1.24. The van der Waals surface area contributed by atoms with Gasteiger partial charge in [0.2, 0.25) is 4.80 Å². The maximum atomic E-state index is 12.0. The summed E-state index contributed by atoms with van der Waals surface area (Å²) < 4.78 is 54.6. The Morgan fingerprint density at radius 2 is 1.64 bits per heavy atom. The summed E-state index contributed by atoms with van der Waals surface area (Å²) in [7, 11) is -7.41. The topological polar surface area (TPSA) is 107 Å². The molecular formula is C14H13N3O5S3. The third-order valence-corrected chi connectivity index (χ3v) is 6.89. The van der Waals surface area contributed by atoms with Crippen LogP contribution in [-0.2, 0) is 31.1 Å². The Hall–Kier alpha value is -2.21. The predicted molar refractivity (Wildman–Crippen MR) is 93.1 cm³/mol. The molecule has 0 aliphatic carbocycles. The molecule has 0 fully saturated rings. The van der Waals surface area contributed by atoms with E-state index in [2.05, 4.69) is 8.73 Å². The van der Waals surface area contributed by atoms with Gasteiger partial charge in [-0.1, -0.05) is 41.7 Å². The predicted octanol–water partition coefficient (Wildman–Crippen LogP) is 1.30. The second kappa shape index (κ2) is 6.59. The molecule has 0 amide bonds. The van der Waals surface area contributed by atoms with Gasteiger partial charge in [-0.05, 0) is 24.3 Å². The van der Waals surface area contributed by atoms with Crippen LogP contribution in [0.25, 0.3) is 10.2 Å². The van der Waals surface area contributed by atoms with Crippen LogP contribution in [-0.4, -0.2) is 21.4 Å². The van der Waals surface area contributed by atoms with E-state index in [-0.39, 0.29) is 4.90 Å². The molecule has 0 bridgehead atoms. The Labute approximate surface area is 148 Å². The Balaban J connectivity index is 1.88. The van der Waals surface area contributed by atoms with Crippen molar-refractivity contribution in [3.63, 3.8) is 0 Å². The standard InChI is InChI=1S/C14H13N3O5S3/c1-17-12-9-5-6-10-13(12)23-14(17)15-16-25(20,21)22-24(18,19)11-7-3-2-4-8-11/h2-10,16H,1H3. The molecule has 0 aliphatic rings. The Kier molecular flexibility index (Phi) is 4.64. The molecular weight excluding hydrogens is 386 g/mol. The number of nitrogens with one attached hydrogen (secondary N) is 1. The van der Waals surface area contributed by atoms with E-state index < -0.39 is 20.4 Å². The maximum absolute atomic E-state index is 12.0. The second-order valence-electron chi connectivity index (χ2n) is 4.90. The minimum absolute atomic E-state index is 0.271.